The lowest BCUT2D eigenvalue weighted by molar-refractivity contribution is -0.121. The highest BCUT2D eigenvalue weighted by atomic mass is 32.2. The Morgan fingerprint density at radius 2 is 2.17 bits per heavy atom. The number of thioether (sulfide) groups is 1. The minimum Gasteiger partial charge on any atom is -0.388 e. The molecule has 0 heterocycles. The second-order valence-electron chi connectivity index (χ2n) is 4.57. The molecule has 98 valence electrons. The van der Waals surface area contributed by atoms with Gasteiger partial charge in [-0.2, -0.15) is 0 Å². The third kappa shape index (κ3) is 3.46. The molecule has 1 aromatic carbocycles. The van der Waals surface area contributed by atoms with Crippen LogP contribution in [0.5, 0.6) is 0 Å². The third-order valence-corrected chi connectivity index (χ3v) is 4.14. The number of nitrogens with one attached hydrogen (secondary N) is 1. The summed E-state index contributed by atoms with van der Waals surface area (Å²) in [5, 5.41) is 12.5. The fraction of sp³-hybridized carbons (Fsp3) is 0.462. The molecule has 0 radical (unpaired) electrons. The van der Waals surface area contributed by atoms with Crippen LogP contribution >= 0.6 is 11.8 Å². The van der Waals surface area contributed by atoms with Crippen molar-refractivity contribution < 1.29 is 14.3 Å². The van der Waals surface area contributed by atoms with Crippen molar-refractivity contribution in [2.24, 2.45) is 0 Å². The topological polar surface area (TPSA) is 49.3 Å². The van der Waals surface area contributed by atoms with Gasteiger partial charge in [0, 0.05) is 11.4 Å². The van der Waals surface area contributed by atoms with Gasteiger partial charge < -0.3 is 10.4 Å². The van der Waals surface area contributed by atoms with Crippen LogP contribution < -0.4 is 5.32 Å². The van der Waals surface area contributed by atoms with Crippen LogP contribution in [0.1, 0.15) is 19.3 Å². The van der Waals surface area contributed by atoms with E-state index in [1.54, 1.807) is 18.2 Å². The van der Waals surface area contributed by atoms with Crippen LogP contribution in [0.25, 0.3) is 0 Å². The largest absolute Gasteiger partial charge is 0.388 e. The number of benzene rings is 1. The number of aliphatic hydroxyl groups is 1. The molecule has 0 aliphatic heterocycles. The summed E-state index contributed by atoms with van der Waals surface area (Å²) in [6, 6.07) is 6.37. The van der Waals surface area contributed by atoms with Crippen LogP contribution in [0.4, 0.5) is 4.39 Å². The Bertz CT molecular complexity index is 435. The Balaban J connectivity index is 1.73. The molecule has 0 spiro atoms. The van der Waals surface area contributed by atoms with Gasteiger partial charge in [-0.3, -0.25) is 4.79 Å². The Kier molecular flexibility index (Phi) is 4.24. The predicted molar refractivity (Wildman–Crippen MR) is 68.9 cm³/mol. The molecule has 0 unspecified atom stereocenters. The second kappa shape index (κ2) is 5.71. The Labute approximate surface area is 110 Å². The van der Waals surface area contributed by atoms with Gasteiger partial charge in [0.05, 0.1) is 11.4 Å². The van der Waals surface area contributed by atoms with Gasteiger partial charge in [-0.05, 0) is 31.4 Å². The second-order valence-corrected chi connectivity index (χ2v) is 5.59. The average Bonchev–Trinajstić information content (AvgIpc) is 2.33. The smallest absolute Gasteiger partial charge is 0.230 e. The molecular formula is C13H16FNO2S. The molecule has 0 aromatic heterocycles. The number of amides is 1. The van der Waals surface area contributed by atoms with Crippen molar-refractivity contribution in [3.63, 3.8) is 0 Å². The van der Waals surface area contributed by atoms with E-state index in [0.717, 1.165) is 31.0 Å². The summed E-state index contributed by atoms with van der Waals surface area (Å²) in [4.78, 5) is 12.0. The highest BCUT2D eigenvalue weighted by molar-refractivity contribution is 8.00. The lowest BCUT2D eigenvalue weighted by Crippen LogP contribution is -2.48. The van der Waals surface area contributed by atoms with Crippen molar-refractivity contribution in [2.75, 3.05) is 12.3 Å². The van der Waals surface area contributed by atoms with Gasteiger partial charge in [0.15, 0.2) is 0 Å². The molecule has 1 aliphatic rings. The number of hydrogen-bond acceptors (Lipinski definition) is 3. The zero-order chi connectivity index (χ0) is 13.0. The number of halogens is 1. The highest BCUT2D eigenvalue weighted by Crippen LogP contribution is 2.30. The van der Waals surface area contributed by atoms with Gasteiger partial charge in [0.1, 0.15) is 5.82 Å². The van der Waals surface area contributed by atoms with Gasteiger partial charge >= 0.3 is 0 Å². The summed E-state index contributed by atoms with van der Waals surface area (Å²) in [6.07, 6.45) is 2.50. The maximum absolute atomic E-state index is 13.3. The van der Waals surface area contributed by atoms with Gasteiger partial charge in [-0.25, -0.2) is 4.39 Å². The molecular weight excluding hydrogens is 253 g/mol. The van der Waals surface area contributed by atoms with E-state index in [1.165, 1.54) is 6.07 Å². The van der Waals surface area contributed by atoms with Crippen LogP contribution in [0.2, 0.25) is 0 Å². The van der Waals surface area contributed by atoms with E-state index < -0.39 is 5.60 Å². The van der Waals surface area contributed by atoms with Gasteiger partial charge in [0.25, 0.3) is 0 Å². The van der Waals surface area contributed by atoms with Crippen LogP contribution in [0, 0.1) is 5.82 Å². The van der Waals surface area contributed by atoms with Crippen molar-refractivity contribution in [3.05, 3.63) is 30.1 Å². The lowest BCUT2D eigenvalue weighted by Gasteiger charge is -2.36. The summed E-state index contributed by atoms with van der Waals surface area (Å²) in [5.74, 6) is -0.326. The normalized spacial score (nSPS) is 17.0. The molecule has 0 atom stereocenters. The summed E-state index contributed by atoms with van der Waals surface area (Å²) < 4.78 is 13.3. The van der Waals surface area contributed by atoms with E-state index in [4.69, 9.17) is 0 Å². The number of carbonyl (C=O) groups excluding carboxylic acids is 1. The molecule has 18 heavy (non-hydrogen) atoms. The quantitative estimate of drug-likeness (QED) is 0.803. The van der Waals surface area contributed by atoms with Crippen LogP contribution in [-0.4, -0.2) is 28.9 Å². The molecule has 5 heteroatoms. The molecule has 0 bridgehead atoms. The maximum Gasteiger partial charge on any atom is 0.230 e. The Morgan fingerprint density at radius 1 is 1.44 bits per heavy atom. The number of rotatable bonds is 5. The van der Waals surface area contributed by atoms with E-state index in [-0.39, 0.29) is 17.5 Å². The van der Waals surface area contributed by atoms with E-state index in [0.29, 0.717) is 11.4 Å². The van der Waals surface area contributed by atoms with Crippen molar-refractivity contribution >= 4 is 17.7 Å². The minimum atomic E-state index is -0.710. The molecule has 0 saturated heterocycles. The summed E-state index contributed by atoms with van der Waals surface area (Å²) in [7, 11) is 0. The molecule has 1 saturated carbocycles. The fourth-order valence-corrected chi connectivity index (χ4v) is 2.55. The molecule has 2 N–H and O–H groups in total. The first kappa shape index (κ1) is 13.4. The Hall–Kier alpha value is -1.07. The molecule has 1 aromatic rings. The van der Waals surface area contributed by atoms with Gasteiger partial charge in [0.2, 0.25) is 5.91 Å². The first-order chi connectivity index (χ1) is 8.59. The third-order valence-electron chi connectivity index (χ3n) is 3.09. The van der Waals surface area contributed by atoms with Gasteiger partial charge in [-0.15, -0.1) is 11.8 Å². The zero-order valence-electron chi connectivity index (χ0n) is 9.99. The highest BCUT2D eigenvalue weighted by Gasteiger charge is 2.34. The molecule has 1 fully saturated rings. The molecule has 3 nitrogen and oxygen atoms in total. The fourth-order valence-electron chi connectivity index (χ4n) is 1.78. The number of carbonyl (C=O) groups is 1. The number of hydrogen-bond donors (Lipinski definition) is 2. The summed E-state index contributed by atoms with van der Waals surface area (Å²) >= 11 is 1.16. The standard InChI is InChI=1S/C13H16FNO2S/c14-10-4-1-2-5-11(10)18-8-12(16)15-9-13(17)6-3-7-13/h1-2,4-5,17H,3,6-9H2,(H,15,16). The van der Waals surface area contributed by atoms with Crippen LogP contribution in [0.15, 0.2) is 29.2 Å². The van der Waals surface area contributed by atoms with Gasteiger partial charge in [-0.1, -0.05) is 12.1 Å². The van der Waals surface area contributed by atoms with Crippen molar-refractivity contribution in [1.29, 1.82) is 0 Å². The van der Waals surface area contributed by atoms with E-state index in [1.807, 2.05) is 0 Å². The zero-order valence-corrected chi connectivity index (χ0v) is 10.8. The maximum atomic E-state index is 13.3. The van der Waals surface area contributed by atoms with Crippen molar-refractivity contribution in [3.8, 4) is 0 Å². The molecule has 1 amide bonds. The minimum absolute atomic E-state index is 0.164. The SMILES string of the molecule is O=C(CSc1ccccc1F)NCC1(O)CCC1. The average molecular weight is 269 g/mol. The van der Waals surface area contributed by atoms with E-state index in [9.17, 15) is 14.3 Å². The van der Waals surface area contributed by atoms with E-state index >= 15 is 0 Å². The monoisotopic (exact) mass is 269 g/mol. The summed E-state index contributed by atoms with van der Waals surface area (Å²) in [5.41, 5.74) is -0.710. The van der Waals surface area contributed by atoms with E-state index in [2.05, 4.69) is 5.32 Å². The molecule has 1 aliphatic carbocycles. The lowest BCUT2D eigenvalue weighted by atomic mass is 9.80. The predicted octanol–water partition coefficient (Wildman–Crippen LogP) is 1.95. The van der Waals surface area contributed by atoms with Crippen LogP contribution in [-0.2, 0) is 4.79 Å². The first-order valence-corrected chi connectivity index (χ1v) is 6.94. The van der Waals surface area contributed by atoms with Crippen molar-refractivity contribution in [2.45, 2.75) is 29.8 Å². The summed E-state index contributed by atoms with van der Waals surface area (Å²) in [6.45, 7) is 0.295. The van der Waals surface area contributed by atoms with Crippen LogP contribution in [0.3, 0.4) is 0 Å². The van der Waals surface area contributed by atoms with Crippen molar-refractivity contribution in [1.82, 2.24) is 5.32 Å². The Morgan fingerprint density at radius 3 is 2.78 bits per heavy atom. The first-order valence-electron chi connectivity index (χ1n) is 5.95. The molecule has 2 rings (SSSR count).